The van der Waals surface area contributed by atoms with E-state index in [9.17, 15) is 4.79 Å². The number of nitrogens with zero attached hydrogens (tertiary/aromatic N) is 2. The van der Waals surface area contributed by atoms with Gasteiger partial charge >= 0.3 is 0 Å². The highest BCUT2D eigenvalue weighted by atomic mass is 32.1. The minimum absolute atomic E-state index is 0.00937. The van der Waals surface area contributed by atoms with Gasteiger partial charge in [0.1, 0.15) is 0 Å². The third-order valence-corrected chi connectivity index (χ3v) is 7.11. The molecule has 5 rings (SSSR count). The molecular formula is C19H23N3O2S. The van der Waals surface area contributed by atoms with E-state index in [0.717, 1.165) is 31.2 Å². The third kappa shape index (κ3) is 2.71. The van der Waals surface area contributed by atoms with E-state index in [0.29, 0.717) is 29.6 Å². The molecule has 3 aliphatic carbocycles. The van der Waals surface area contributed by atoms with Crippen molar-refractivity contribution in [3.63, 3.8) is 0 Å². The van der Waals surface area contributed by atoms with E-state index in [1.807, 2.05) is 16.8 Å². The Morgan fingerprint density at radius 2 is 2.04 bits per heavy atom. The van der Waals surface area contributed by atoms with Crippen molar-refractivity contribution < 1.29 is 9.32 Å². The van der Waals surface area contributed by atoms with Crippen molar-refractivity contribution in [2.24, 2.45) is 17.8 Å². The lowest BCUT2D eigenvalue weighted by atomic mass is 9.78. The zero-order valence-corrected chi connectivity index (χ0v) is 15.0. The molecule has 2 aromatic heterocycles. The summed E-state index contributed by atoms with van der Waals surface area (Å²) in [6.45, 7) is 0. The summed E-state index contributed by atoms with van der Waals surface area (Å²) in [6, 6.07) is 2.38. The maximum Gasteiger partial charge on any atom is 0.231 e. The number of amides is 1. The molecule has 0 radical (unpaired) electrons. The SMILES string of the molecule is O=C(NC1CCCC1)[C@H]1[C@H]2CC[C@H](C2)[C@@H]1c1nc(-c2ccsc2)no1. The summed E-state index contributed by atoms with van der Waals surface area (Å²) in [5.74, 6) is 2.64. The minimum atomic E-state index is 0.00937. The van der Waals surface area contributed by atoms with Gasteiger partial charge in [0.05, 0.1) is 11.8 Å². The number of aromatic nitrogens is 2. The molecule has 0 unspecified atom stereocenters. The fourth-order valence-electron chi connectivity index (χ4n) is 5.27. The lowest BCUT2D eigenvalue weighted by Gasteiger charge is -2.28. The molecule has 4 atom stereocenters. The van der Waals surface area contributed by atoms with Crippen LogP contribution in [-0.2, 0) is 4.79 Å². The number of nitrogens with one attached hydrogen (secondary N) is 1. The van der Waals surface area contributed by atoms with Gasteiger partial charge in [-0.25, -0.2) is 0 Å². The van der Waals surface area contributed by atoms with Gasteiger partial charge in [-0.1, -0.05) is 18.0 Å². The Labute approximate surface area is 151 Å². The molecule has 2 heterocycles. The van der Waals surface area contributed by atoms with Crippen LogP contribution < -0.4 is 5.32 Å². The first kappa shape index (κ1) is 15.6. The molecule has 25 heavy (non-hydrogen) atoms. The van der Waals surface area contributed by atoms with E-state index in [4.69, 9.17) is 4.52 Å². The highest BCUT2D eigenvalue weighted by molar-refractivity contribution is 7.08. The van der Waals surface area contributed by atoms with Gasteiger partial charge in [-0.3, -0.25) is 4.79 Å². The van der Waals surface area contributed by atoms with Crippen molar-refractivity contribution in [3.05, 3.63) is 22.7 Å². The zero-order chi connectivity index (χ0) is 16.8. The normalized spacial score (nSPS) is 31.7. The van der Waals surface area contributed by atoms with Crippen molar-refractivity contribution in [2.45, 2.75) is 56.9 Å². The maximum atomic E-state index is 13.0. The Bertz CT molecular complexity index is 751. The van der Waals surface area contributed by atoms with Gasteiger partial charge < -0.3 is 9.84 Å². The van der Waals surface area contributed by atoms with E-state index in [1.54, 1.807) is 11.3 Å². The van der Waals surface area contributed by atoms with Crippen molar-refractivity contribution in [2.75, 3.05) is 0 Å². The van der Waals surface area contributed by atoms with Gasteiger partial charge in [0.15, 0.2) is 0 Å². The summed E-state index contributed by atoms with van der Waals surface area (Å²) in [7, 11) is 0. The van der Waals surface area contributed by atoms with Crippen LogP contribution in [0.1, 0.15) is 56.8 Å². The summed E-state index contributed by atoms with van der Waals surface area (Å²) >= 11 is 1.63. The van der Waals surface area contributed by atoms with Crippen LogP contribution in [0, 0.1) is 17.8 Å². The molecule has 1 amide bonds. The highest BCUT2D eigenvalue weighted by Gasteiger charge is 2.53. The van der Waals surface area contributed by atoms with E-state index in [1.165, 1.54) is 19.3 Å². The minimum Gasteiger partial charge on any atom is -0.353 e. The Hall–Kier alpha value is -1.69. The molecule has 3 saturated carbocycles. The molecule has 0 spiro atoms. The van der Waals surface area contributed by atoms with E-state index < -0.39 is 0 Å². The summed E-state index contributed by atoms with van der Waals surface area (Å²) in [5.41, 5.74) is 0.995. The molecule has 1 N–H and O–H groups in total. The standard InChI is InChI=1S/C19H23N3O2S/c23-18(20-14-3-1-2-4-14)15-11-5-6-12(9-11)16(15)19-21-17(22-24-19)13-7-8-25-10-13/h7-8,10-12,14-16H,1-6,9H2,(H,20,23)/t11-,12+,15-,16-/m0/s1. The van der Waals surface area contributed by atoms with Crippen molar-refractivity contribution in [1.82, 2.24) is 15.5 Å². The van der Waals surface area contributed by atoms with Crippen molar-refractivity contribution in [3.8, 4) is 11.4 Å². The number of fused-ring (bicyclic) bond motifs is 2. The lowest BCUT2D eigenvalue weighted by molar-refractivity contribution is -0.128. The average molecular weight is 357 g/mol. The molecule has 0 aliphatic heterocycles. The number of thiophene rings is 1. The summed E-state index contributed by atoms with van der Waals surface area (Å²) in [6.07, 6.45) is 8.19. The predicted octanol–water partition coefficient (Wildman–Crippen LogP) is 3.99. The van der Waals surface area contributed by atoms with Crippen LogP contribution in [0.15, 0.2) is 21.3 Å². The first-order valence-corrected chi connectivity index (χ1v) is 10.4. The fourth-order valence-corrected chi connectivity index (χ4v) is 5.91. The number of hydrogen-bond donors (Lipinski definition) is 1. The topological polar surface area (TPSA) is 68.0 Å². The van der Waals surface area contributed by atoms with Gasteiger partial charge in [-0.05, 0) is 55.4 Å². The smallest absolute Gasteiger partial charge is 0.231 e. The van der Waals surface area contributed by atoms with Gasteiger partial charge in [-0.15, -0.1) is 0 Å². The van der Waals surface area contributed by atoms with Crippen molar-refractivity contribution >= 4 is 17.2 Å². The number of hydrogen-bond acceptors (Lipinski definition) is 5. The molecule has 6 heteroatoms. The molecule has 2 bridgehead atoms. The maximum absolute atomic E-state index is 13.0. The Kier molecular flexibility index (Phi) is 3.88. The quantitative estimate of drug-likeness (QED) is 0.898. The second-order valence-corrected chi connectivity index (χ2v) is 8.62. The second-order valence-electron chi connectivity index (χ2n) is 7.84. The van der Waals surface area contributed by atoms with Crippen LogP contribution in [0.2, 0.25) is 0 Å². The largest absolute Gasteiger partial charge is 0.353 e. The number of carbonyl (C=O) groups is 1. The predicted molar refractivity (Wildman–Crippen MR) is 95.1 cm³/mol. The molecule has 3 aliphatic rings. The fraction of sp³-hybridized carbons (Fsp3) is 0.632. The van der Waals surface area contributed by atoms with Crippen LogP contribution in [-0.4, -0.2) is 22.1 Å². The Morgan fingerprint density at radius 1 is 1.20 bits per heavy atom. The second kappa shape index (κ2) is 6.24. The van der Waals surface area contributed by atoms with Gasteiger partial charge in [0.2, 0.25) is 17.6 Å². The summed E-state index contributed by atoms with van der Waals surface area (Å²) in [4.78, 5) is 17.7. The summed E-state index contributed by atoms with van der Waals surface area (Å²) < 4.78 is 5.64. The van der Waals surface area contributed by atoms with Gasteiger partial charge in [0.25, 0.3) is 0 Å². The number of carbonyl (C=O) groups excluding carboxylic acids is 1. The van der Waals surface area contributed by atoms with E-state index >= 15 is 0 Å². The number of rotatable bonds is 4. The monoisotopic (exact) mass is 357 g/mol. The Balaban J connectivity index is 1.39. The summed E-state index contributed by atoms with van der Waals surface area (Å²) in [5, 5.41) is 11.5. The molecule has 132 valence electrons. The van der Waals surface area contributed by atoms with E-state index in [2.05, 4.69) is 15.5 Å². The zero-order valence-electron chi connectivity index (χ0n) is 14.2. The van der Waals surface area contributed by atoms with Crippen LogP contribution in [0.3, 0.4) is 0 Å². The van der Waals surface area contributed by atoms with Crippen LogP contribution in [0.4, 0.5) is 0 Å². The third-order valence-electron chi connectivity index (χ3n) is 6.43. The first-order valence-electron chi connectivity index (χ1n) is 9.46. The van der Waals surface area contributed by atoms with Gasteiger partial charge in [-0.2, -0.15) is 16.3 Å². The van der Waals surface area contributed by atoms with Crippen LogP contribution in [0.5, 0.6) is 0 Å². The first-order chi connectivity index (χ1) is 12.3. The van der Waals surface area contributed by atoms with E-state index in [-0.39, 0.29) is 17.7 Å². The lowest BCUT2D eigenvalue weighted by Crippen LogP contribution is -2.41. The molecule has 5 nitrogen and oxygen atoms in total. The molecule has 3 fully saturated rings. The Morgan fingerprint density at radius 3 is 2.84 bits per heavy atom. The van der Waals surface area contributed by atoms with Crippen molar-refractivity contribution in [1.29, 1.82) is 0 Å². The molecular weight excluding hydrogens is 334 g/mol. The highest BCUT2D eigenvalue weighted by Crippen LogP contribution is 2.56. The molecule has 0 aromatic carbocycles. The molecule has 0 saturated heterocycles. The molecule has 2 aromatic rings. The van der Waals surface area contributed by atoms with Gasteiger partial charge in [0, 0.05) is 17.0 Å². The van der Waals surface area contributed by atoms with Crippen LogP contribution >= 0.6 is 11.3 Å². The van der Waals surface area contributed by atoms with Crippen LogP contribution in [0.25, 0.3) is 11.4 Å². The average Bonchev–Trinajstić information content (AvgIpc) is 3.43.